The van der Waals surface area contributed by atoms with Crippen molar-refractivity contribution in [3.8, 4) is 17.2 Å². The number of para-hydroxylation sites is 2. The first kappa shape index (κ1) is 19.2. The molecule has 3 heterocycles. The zero-order valence-corrected chi connectivity index (χ0v) is 17.9. The van der Waals surface area contributed by atoms with Gasteiger partial charge in [0.2, 0.25) is 5.72 Å². The Hall–Kier alpha value is -2.73. The lowest BCUT2D eigenvalue weighted by molar-refractivity contribution is -0.929. The van der Waals surface area contributed by atoms with Gasteiger partial charge in [0.05, 0.1) is 50.8 Å². The van der Waals surface area contributed by atoms with Crippen LogP contribution in [0, 0.1) is 0 Å². The number of piperidine rings is 1. The summed E-state index contributed by atoms with van der Waals surface area (Å²) in [5.41, 5.74) is 2.34. The van der Waals surface area contributed by atoms with Gasteiger partial charge in [0, 0.05) is 17.5 Å². The lowest BCUT2D eigenvalue weighted by Crippen LogP contribution is -3.16. The fourth-order valence-electron chi connectivity index (χ4n) is 5.18. The summed E-state index contributed by atoms with van der Waals surface area (Å²) >= 11 is 0. The SMILES string of the molecule is COc1cccc2c1OC1(CC[NH+](C(C)C)CC1)N1N=C(c3ccccc3O)C[C@H]21. The molecule has 3 aliphatic rings. The minimum absolute atomic E-state index is 0.0825. The van der Waals surface area contributed by atoms with Crippen LogP contribution in [0.2, 0.25) is 0 Å². The van der Waals surface area contributed by atoms with Crippen molar-refractivity contribution >= 4 is 5.71 Å². The highest BCUT2D eigenvalue weighted by molar-refractivity contribution is 6.04. The lowest BCUT2D eigenvalue weighted by atomic mass is 9.90. The van der Waals surface area contributed by atoms with Crippen molar-refractivity contribution in [2.75, 3.05) is 20.2 Å². The van der Waals surface area contributed by atoms with E-state index in [1.54, 1.807) is 18.1 Å². The van der Waals surface area contributed by atoms with Crippen molar-refractivity contribution in [2.24, 2.45) is 5.10 Å². The molecule has 1 spiro atoms. The number of rotatable bonds is 3. The number of ether oxygens (including phenoxy) is 2. The van der Waals surface area contributed by atoms with Gasteiger partial charge in [0.1, 0.15) is 5.75 Å². The minimum Gasteiger partial charge on any atom is -0.507 e. The summed E-state index contributed by atoms with van der Waals surface area (Å²) in [6.07, 6.45) is 2.56. The number of quaternary nitrogens is 1. The van der Waals surface area contributed by atoms with Gasteiger partial charge in [-0.25, -0.2) is 5.01 Å². The van der Waals surface area contributed by atoms with Gasteiger partial charge in [-0.1, -0.05) is 24.3 Å². The third kappa shape index (κ3) is 2.93. The molecule has 0 radical (unpaired) electrons. The van der Waals surface area contributed by atoms with Crippen LogP contribution >= 0.6 is 0 Å². The lowest BCUT2D eigenvalue weighted by Gasteiger charge is -2.50. The fraction of sp³-hybridized carbons (Fsp3) is 0.458. The molecule has 0 amide bonds. The summed E-state index contributed by atoms with van der Waals surface area (Å²) in [7, 11) is 1.70. The van der Waals surface area contributed by atoms with Crippen LogP contribution in [0.25, 0.3) is 0 Å². The number of phenols is 1. The van der Waals surface area contributed by atoms with E-state index in [2.05, 4.69) is 24.9 Å². The normalized spacial score (nSPS) is 27.5. The van der Waals surface area contributed by atoms with Gasteiger partial charge in [-0.15, -0.1) is 0 Å². The fourth-order valence-corrected chi connectivity index (χ4v) is 5.18. The quantitative estimate of drug-likeness (QED) is 0.820. The molecule has 30 heavy (non-hydrogen) atoms. The Balaban J connectivity index is 1.58. The maximum absolute atomic E-state index is 10.4. The maximum Gasteiger partial charge on any atom is 0.209 e. The molecule has 3 aliphatic heterocycles. The number of phenolic OH excluding ortho intramolecular Hbond substituents is 1. The van der Waals surface area contributed by atoms with E-state index in [4.69, 9.17) is 14.6 Å². The van der Waals surface area contributed by atoms with Gasteiger partial charge in [0.25, 0.3) is 0 Å². The minimum atomic E-state index is -0.475. The Morgan fingerprint density at radius 3 is 2.63 bits per heavy atom. The molecular formula is C24H30N3O3+. The van der Waals surface area contributed by atoms with Crippen LogP contribution in [0.4, 0.5) is 0 Å². The molecule has 2 N–H and O–H groups in total. The van der Waals surface area contributed by atoms with E-state index < -0.39 is 5.72 Å². The van der Waals surface area contributed by atoms with Crippen LogP contribution in [0.5, 0.6) is 17.2 Å². The maximum atomic E-state index is 10.4. The Morgan fingerprint density at radius 2 is 1.93 bits per heavy atom. The number of methoxy groups -OCH3 is 1. The highest BCUT2D eigenvalue weighted by atomic mass is 16.5. The highest BCUT2D eigenvalue weighted by Gasteiger charge is 2.54. The molecule has 0 unspecified atom stereocenters. The molecule has 2 aromatic carbocycles. The number of hydrazone groups is 1. The molecular weight excluding hydrogens is 378 g/mol. The van der Waals surface area contributed by atoms with E-state index in [9.17, 15) is 5.11 Å². The average molecular weight is 409 g/mol. The Morgan fingerprint density at radius 1 is 1.17 bits per heavy atom. The van der Waals surface area contributed by atoms with E-state index in [0.29, 0.717) is 6.04 Å². The van der Waals surface area contributed by atoms with E-state index in [-0.39, 0.29) is 11.8 Å². The average Bonchev–Trinajstić information content (AvgIpc) is 3.21. The molecule has 0 aliphatic carbocycles. The van der Waals surface area contributed by atoms with Crippen molar-refractivity contribution in [2.45, 2.75) is 50.9 Å². The second-order valence-electron chi connectivity index (χ2n) is 8.87. The van der Waals surface area contributed by atoms with Gasteiger partial charge in [-0.2, -0.15) is 5.10 Å². The standard InChI is InChI=1S/C24H29N3O3/c1-16(2)26-13-11-24(12-14-26)27-20(18-8-6-10-22(29-3)23(18)30-24)15-19(25-27)17-7-4-5-9-21(17)28/h4-10,16,20,28H,11-15H2,1-3H3/p+1/t20-/m1/s1. The third-order valence-corrected chi connectivity index (χ3v) is 6.91. The molecule has 0 bridgehead atoms. The first-order chi connectivity index (χ1) is 14.5. The van der Waals surface area contributed by atoms with Crippen molar-refractivity contribution < 1.29 is 19.5 Å². The summed E-state index contributed by atoms with van der Waals surface area (Å²) in [5.74, 6) is 1.90. The predicted octanol–water partition coefficient (Wildman–Crippen LogP) is 2.73. The van der Waals surface area contributed by atoms with Crippen LogP contribution in [0.15, 0.2) is 47.6 Å². The predicted molar refractivity (Wildman–Crippen MR) is 115 cm³/mol. The summed E-state index contributed by atoms with van der Waals surface area (Å²) in [6, 6.07) is 14.2. The topological polar surface area (TPSA) is 58.7 Å². The van der Waals surface area contributed by atoms with Gasteiger partial charge in [-0.05, 0) is 32.0 Å². The molecule has 2 aromatic rings. The molecule has 158 valence electrons. The molecule has 1 atom stereocenters. The smallest absolute Gasteiger partial charge is 0.209 e. The number of hydrogen-bond donors (Lipinski definition) is 2. The van der Waals surface area contributed by atoms with Crippen LogP contribution in [0.1, 0.15) is 50.3 Å². The third-order valence-electron chi connectivity index (χ3n) is 6.91. The van der Waals surface area contributed by atoms with Crippen molar-refractivity contribution in [1.29, 1.82) is 0 Å². The van der Waals surface area contributed by atoms with Crippen LogP contribution in [-0.2, 0) is 0 Å². The molecule has 0 saturated carbocycles. The number of aromatic hydroxyl groups is 1. The van der Waals surface area contributed by atoms with Crippen molar-refractivity contribution in [1.82, 2.24) is 5.01 Å². The van der Waals surface area contributed by atoms with E-state index in [0.717, 1.165) is 60.7 Å². The number of nitrogens with one attached hydrogen (secondary N) is 1. The largest absolute Gasteiger partial charge is 0.507 e. The van der Waals surface area contributed by atoms with Crippen molar-refractivity contribution in [3.63, 3.8) is 0 Å². The Bertz CT molecular complexity index is 979. The second kappa shape index (κ2) is 7.20. The number of likely N-dealkylation sites (tertiary alicyclic amines) is 1. The van der Waals surface area contributed by atoms with Gasteiger partial charge >= 0.3 is 0 Å². The molecule has 1 fully saturated rings. The van der Waals surface area contributed by atoms with Gasteiger partial charge in [0.15, 0.2) is 11.5 Å². The van der Waals surface area contributed by atoms with Crippen LogP contribution < -0.4 is 14.4 Å². The van der Waals surface area contributed by atoms with Crippen molar-refractivity contribution in [3.05, 3.63) is 53.6 Å². The molecule has 0 aromatic heterocycles. The molecule has 6 nitrogen and oxygen atoms in total. The van der Waals surface area contributed by atoms with E-state index in [1.165, 1.54) is 0 Å². The van der Waals surface area contributed by atoms with Gasteiger partial charge in [-0.3, -0.25) is 0 Å². The molecule has 6 heteroatoms. The summed E-state index contributed by atoms with van der Waals surface area (Å²) in [5, 5.41) is 17.7. The first-order valence-corrected chi connectivity index (χ1v) is 10.9. The van der Waals surface area contributed by atoms with E-state index >= 15 is 0 Å². The Labute approximate surface area is 177 Å². The summed E-state index contributed by atoms with van der Waals surface area (Å²) < 4.78 is 12.4. The van der Waals surface area contributed by atoms with Crippen LogP contribution in [-0.4, -0.2) is 47.8 Å². The summed E-state index contributed by atoms with van der Waals surface area (Å²) in [6.45, 7) is 6.65. The molecule has 1 saturated heterocycles. The number of nitrogens with zero attached hydrogens (tertiary/aromatic N) is 2. The van der Waals surface area contributed by atoms with E-state index in [1.807, 2.05) is 30.3 Å². The molecule has 5 rings (SSSR count). The van der Waals surface area contributed by atoms with Gasteiger partial charge < -0.3 is 19.5 Å². The number of benzene rings is 2. The number of hydrogen-bond acceptors (Lipinski definition) is 5. The zero-order chi connectivity index (χ0) is 20.9. The van der Waals surface area contributed by atoms with Crippen LogP contribution in [0.3, 0.4) is 0 Å². The first-order valence-electron chi connectivity index (χ1n) is 10.9. The monoisotopic (exact) mass is 408 g/mol. The summed E-state index contributed by atoms with van der Waals surface area (Å²) in [4.78, 5) is 1.61. The number of fused-ring (bicyclic) bond motifs is 4. The Kier molecular flexibility index (Phi) is 4.62. The zero-order valence-electron chi connectivity index (χ0n) is 17.9. The second-order valence-corrected chi connectivity index (χ2v) is 8.87. The highest BCUT2D eigenvalue weighted by Crippen LogP contribution is 2.52.